The Hall–Kier alpha value is -3.38. The van der Waals surface area contributed by atoms with Gasteiger partial charge in [0.2, 0.25) is 5.91 Å². The van der Waals surface area contributed by atoms with Crippen molar-refractivity contribution in [3.05, 3.63) is 101 Å². The summed E-state index contributed by atoms with van der Waals surface area (Å²) >= 11 is 1.47. The molecule has 1 unspecified atom stereocenters. The zero-order valence-electron chi connectivity index (χ0n) is 18.0. The molecular weight excluding hydrogens is 420 g/mol. The van der Waals surface area contributed by atoms with Gasteiger partial charge in [0, 0.05) is 0 Å². The second-order valence-electron chi connectivity index (χ2n) is 7.89. The van der Waals surface area contributed by atoms with Crippen LogP contribution in [0.4, 0.5) is 5.69 Å². The molecule has 1 aliphatic heterocycles. The molecule has 0 aliphatic carbocycles. The number of amides is 1. The number of rotatable bonds is 6. The first-order valence-electron chi connectivity index (χ1n) is 10.4. The van der Waals surface area contributed by atoms with Crippen molar-refractivity contribution in [1.29, 1.82) is 0 Å². The Balaban J connectivity index is 1.62. The molecule has 1 atom stereocenters. The van der Waals surface area contributed by atoms with Crippen molar-refractivity contribution in [3.8, 4) is 0 Å². The summed E-state index contributed by atoms with van der Waals surface area (Å²) in [4.78, 5) is 30.9. The minimum Gasteiger partial charge on any atom is -0.478 e. The van der Waals surface area contributed by atoms with Gasteiger partial charge in [-0.3, -0.25) is 9.69 Å². The van der Waals surface area contributed by atoms with Crippen LogP contribution < -0.4 is 0 Å². The molecule has 3 aromatic rings. The molecule has 6 heteroatoms. The average Bonchev–Trinajstić information content (AvgIpc) is 3.06. The van der Waals surface area contributed by atoms with Gasteiger partial charge < -0.3 is 5.11 Å². The Morgan fingerprint density at radius 3 is 2.34 bits per heavy atom. The van der Waals surface area contributed by atoms with E-state index in [-0.39, 0.29) is 16.7 Å². The van der Waals surface area contributed by atoms with Crippen LogP contribution in [0.15, 0.2) is 77.8 Å². The minimum absolute atomic E-state index is 0.0398. The van der Waals surface area contributed by atoms with Crippen molar-refractivity contribution in [1.82, 2.24) is 4.90 Å². The Bertz CT molecular complexity index is 1170. The maximum atomic E-state index is 13.4. The second kappa shape index (κ2) is 9.40. The molecule has 5 nitrogen and oxygen atoms in total. The molecule has 32 heavy (non-hydrogen) atoms. The summed E-state index contributed by atoms with van der Waals surface area (Å²) in [7, 11) is 0. The number of hydrogen-bond donors (Lipinski definition) is 1. The average molecular weight is 445 g/mol. The van der Waals surface area contributed by atoms with E-state index in [4.69, 9.17) is 10.1 Å². The molecule has 1 heterocycles. The summed E-state index contributed by atoms with van der Waals surface area (Å²) in [6.45, 7) is 4.61. The first-order chi connectivity index (χ1) is 15.4. The molecule has 1 N–H and O–H groups in total. The van der Waals surface area contributed by atoms with Crippen LogP contribution >= 0.6 is 11.8 Å². The van der Waals surface area contributed by atoms with Gasteiger partial charge in [-0.05, 0) is 66.8 Å². The fourth-order valence-electron chi connectivity index (χ4n) is 3.57. The maximum absolute atomic E-state index is 13.4. The lowest BCUT2D eigenvalue weighted by Gasteiger charge is -2.17. The van der Waals surface area contributed by atoms with Crippen LogP contribution in [0, 0.1) is 13.8 Å². The van der Waals surface area contributed by atoms with Gasteiger partial charge in [-0.15, -0.1) is 0 Å². The number of aryl methyl sites for hydroxylation is 2. The molecule has 0 bridgehead atoms. The molecule has 162 valence electrons. The zero-order chi connectivity index (χ0) is 22.7. The maximum Gasteiger partial charge on any atom is 0.335 e. The Labute approximate surface area is 191 Å². The summed E-state index contributed by atoms with van der Waals surface area (Å²) in [5.74, 6) is -0.938. The fourth-order valence-corrected chi connectivity index (χ4v) is 4.77. The number of carboxylic acids is 1. The van der Waals surface area contributed by atoms with Crippen LogP contribution in [0.2, 0.25) is 0 Å². The van der Waals surface area contributed by atoms with Crippen LogP contribution in [-0.4, -0.2) is 32.3 Å². The predicted molar refractivity (Wildman–Crippen MR) is 128 cm³/mol. The van der Waals surface area contributed by atoms with E-state index in [0.29, 0.717) is 23.8 Å². The Kier molecular flexibility index (Phi) is 6.42. The molecule has 0 saturated carbocycles. The number of aliphatic imine (C=N–C) groups is 1. The highest BCUT2D eigenvalue weighted by Gasteiger charge is 2.38. The van der Waals surface area contributed by atoms with Gasteiger partial charge in [0.1, 0.15) is 0 Å². The number of thioether (sulfide) groups is 1. The number of benzene rings is 3. The Morgan fingerprint density at radius 1 is 0.969 bits per heavy atom. The van der Waals surface area contributed by atoms with Gasteiger partial charge in [0.25, 0.3) is 0 Å². The van der Waals surface area contributed by atoms with E-state index in [1.807, 2.05) is 30.3 Å². The SMILES string of the molecule is Cc1ccc(CC2SC(=Nc3ccc(C(=O)O)cc3)N(Cc3ccccc3)C2=O)cc1C. The normalized spacial score (nSPS) is 17.2. The number of aromatic carboxylic acids is 1. The quantitative estimate of drug-likeness (QED) is 0.554. The molecule has 1 saturated heterocycles. The first kappa shape index (κ1) is 21.8. The summed E-state index contributed by atoms with van der Waals surface area (Å²) in [5, 5.41) is 9.50. The van der Waals surface area contributed by atoms with Gasteiger partial charge >= 0.3 is 5.97 Å². The second-order valence-corrected chi connectivity index (χ2v) is 9.06. The monoisotopic (exact) mass is 444 g/mol. The number of amidine groups is 1. The summed E-state index contributed by atoms with van der Waals surface area (Å²) < 4.78 is 0. The molecule has 1 aliphatic rings. The van der Waals surface area contributed by atoms with Gasteiger partial charge in [0.15, 0.2) is 5.17 Å². The Morgan fingerprint density at radius 2 is 1.69 bits per heavy atom. The highest BCUT2D eigenvalue weighted by molar-refractivity contribution is 8.15. The van der Waals surface area contributed by atoms with E-state index in [0.717, 1.165) is 11.1 Å². The molecule has 3 aromatic carbocycles. The van der Waals surface area contributed by atoms with Gasteiger partial charge in [-0.25, -0.2) is 9.79 Å². The van der Waals surface area contributed by atoms with Crippen molar-refractivity contribution in [2.75, 3.05) is 0 Å². The minimum atomic E-state index is -0.978. The first-order valence-corrected chi connectivity index (χ1v) is 11.3. The van der Waals surface area contributed by atoms with E-state index >= 15 is 0 Å². The summed E-state index contributed by atoms with van der Waals surface area (Å²) in [5.41, 5.74) is 5.43. The van der Waals surface area contributed by atoms with E-state index < -0.39 is 5.97 Å². The van der Waals surface area contributed by atoms with Gasteiger partial charge in [0.05, 0.1) is 23.0 Å². The third-order valence-electron chi connectivity index (χ3n) is 5.53. The van der Waals surface area contributed by atoms with Crippen LogP contribution in [0.1, 0.15) is 32.6 Å². The van der Waals surface area contributed by atoms with Crippen molar-refractivity contribution in [2.45, 2.75) is 32.1 Å². The van der Waals surface area contributed by atoms with Crippen molar-refractivity contribution >= 4 is 34.5 Å². The van der Waals surface area contributed by atoms with E-state index in [1.165, 1.54) is 35.0 Å². The van der Waals surface area contributed by atoms with Gasteiger partial charge in [-0.2, -0.15) is 0 Å². The van der Waals surface area contributed by atoms with Crippen molar-refractivity contribution < 1.29 is 14.7 Å². The fraction of sp³-hybridized carbons (Fsp3) is 0.192. The van der Waals surface area contributed by atoms with Crippen LogP contribution in [0.3, 0.4) is 0 Å². The topological polar surface area (TPSA) is 70.0 Å². The van der Waals surface area contributed by atoms with E-state index in [2.05, 4.69) is 32.0 Å². The van der Waals surface area contributed by atoms with Crippen LogP contribution in [0.25, 0.3) is 0 Å². The third-order valence-corrected chi connectivity index (χ3v) is 6.71. The zero-order valence-corrected chi connectivity index (χ0v) is 18.8. The van der Waals surface area contributed by atoms with Crippen molar-refractivity contribution in [3.63, 3.8) is 0 Å². The lowest BCUT2D eigenvalue weighted by Crippen LogP contribution is -2.32. The van der Waals surface area contributed by atoms with Crippen LogP contribution in [0.5, 0.6) is 0 Å². The number of hydrogen-bond acceptors (Lipinski definition) is 4. The summed E-state index contributed by atoms with van der Waals surface area (Å²) in [6.07, 6.45) is 0.632. The van der Waals surface area contributed by atoms with Gasteiger partial charge in [-0.1, -0.05) is 60.3 Å². The van der Waals surface area contributed by atoms with E-state index in [9.17, 15) is 9.59 Å². The number of carboxylic acid groups (broad SMARTS) is 1. The molecule has 1 fully saturated rings. The lowest BCUT2D eigenvalue weighted by atomic mass is 10.0. The molecule has 0 radical (unpaired) electrons. The van der Waals surface area contributed by atoms with Crippen LogP contribution in [-0.2, 0) is 17.8 Å². The molecular formula is C26H24N2O3S. The number of nitrogens with zero attached hydrogens (tertiary/aromatic N) is 2. The smallest absolute Gasteiger partial charge is 0.335 e. The molecule has 4 rings (SSSR count). The summed E-state index contributed by atoms with van der Waals surface area (Å²) in [6, 6.07) is 22.5. The highest BCUT2D eigenvalue weighted by atomic mass is 32.2. The molecule has 0 spiro atoms. The highest BCUT2D eigenvalue weighted by Crippen LogP contribution is 2.33. The van der Waals surface area contributed by atoms with Crippen molar-refractivity contribution in [2.24, 2.45) is 4.99 Å². The lowest BCUT2D eigenvalue weighted by molar-refractivity contribution is -0.126. The number of carbonyl (C=O) groups is 2. The molecule has 0 aromatic heterocycles. The predicted octanol–water partition coefficient (Wildman–Crippen LogP) is 5.38. The van der Waals surface area contributed by atoms with E-state index in [1.54, 1.807) is 17.0 Å². The number of carbonyl (C=O) groups excluding carboxylic acids is 1. The largest absolute Gasteiger partial charge is 0.478 e. The third kappa shape index (κ3) is 4.92. The standard InChI is InChI=1S/C26H24N2O3S/c1-17-8-9-20(14-18(17)2)15-23-24(29)28(16-19-6-4-3-5-7-19)26(32-23)27-22-12-10-21(11-13-22)25(30)31/h3-14,23H,15-16H2,1-2H3,(H,30,31). The molecule has 1 amide bonds.